The third kappa shape index (κ3) is 5.39. The van der Waals surface area contributed by atoms with Crippen LogP contribution in [0.1, 0.15) is 33.4 Å². The van der Waals surface area contributed by atoms with E-state index in [0.29, 0.717) is 0 Å². The van der Waals surface area contributed by atoms with Crippen LogP contribution in [0.2, 0.25) is 0 Å². The summed E-state index contributed by atoms with van der Waals surface area (Å²) in [4.78, 5) is 11.4. The van der Waals surface area contributed by atoms with Crippen LogP contribution < -0.4 is 24.5 Å². The molecule has 6 aromatic rings. The van der Waals surface area contributed by atoms with Crippen molar-refractivity contribution >= 4 is 28.4 Å². The van der Waals surface area contributed by atoms with Crippen molar-refractivity contribution in [1.29, 1.82) is 0 Å². The van der Waals surface area contributed by atoms with E-state index in [4.69, 9.17) is 0 Å². The molecule has 5 heteroatoms. The molecule has 0 saturated carbocycles. The highest BCUT2D eigenvalue weighted by Crippen LogP contribution is 2.62. The van der Waals surface area contributed by atoms with Gasteiger partial charge < -0.3 is 24.5 Å². The first-order chi connectivity index (χ1) is 24.6. The standard InChI is InChI=1S/C46H49N5/c1-47(2)38-26-18-34(19-27-38)45(35-20-28-39(29-21-35)48(3)4)43-16-12-13-17-44(43)46(51(45)42-14-10-9-11-15-42,36-22-30-40(31-23-36)49(5)6)37-24-32-41(33-25-37)50(7)8/h9-33H,1-8H3. The zero-order valence-corrected chi connectivity index (χ0v) is 31.2. The first-order valence-corrected chi connectivity index (χ1v) is 17.7. The lowest BCUT2D eigenvalue weighted by atomic mass is 9.76. The number of anilines is 5. The van der Waals surface area contributed by atoms with E-state index in [-0.39, 0.29) is 0 Å². The molecule has 0 radical (unpaired) electrons. The fourth-order valence-electron chi connectivity index (χ4n) is 8.05. The zero-order valence-electron chi connectivity index (χ0n) is 31.2. The van der Waals surface area contributed by atoms with E-state index in [0.717, 1.165) is 5.69 Å². The predicted octanol–water partition coefficient (Wildman–Crippen LogP) is 9.05. The minimum Gasteiger partial charge on any atom is -0.378 e. The lowest BCUT2D eigenvalue weighted by molar-refractivity contribution is 0.496. The maximum Gasteiger partial charge on any atom is 0.118 e. The van der Waals surface area contributed by atoms with E-state index < -0.39 is 11.1 Å². The molecule has 0 atom stereocenters. The van der Waals surface area contributed by atoms with Crippen molar-refractivity contribution in [2.75, 3.05) is 80.9 Å². The van der Waals surface area contributed by atoms with E-state index in [9.17, 15) is 0 Å². The SMILES string of the molecule is CN(C)c1ccc(C2(c3ccc(N(C)C)cc3)c3ccccc3C(c3ccc(N(C)C)cc3)(c3ccc(N(C)C)cc3)N2c2ccccc2)cc1. The summed E-state index contributed by atoms with van der Waals surface area (Å²) in [6, 6.07) is 56.9. The summed E-state index contributed by atoms with van der Waals surface area (Å²) in [6.45, 7) is 0. The third-order valence-electron chi connectivity index (χ3n) is 10.6. The fraction of sp³-hybridized carbons (Fsp3) is 0.217. The third-order valence-corrected chi connectivity index (χ3v) is 10.6. The molecule has 0 spiro atoms. The van der Waals surface area contributed by atoms with Gasteiger partial charge in [-0.15, -0.1) is 0 Å². The summed E-state index contributed by atoms with van der Waals surface area (Å²) in [6.07, 6.45) is 0. The zero-order chi connectivity index (χ0) is 35.9. The highest BCUT2D eigenvalue weighted by Gasteiger charge is 2.61. The summed E-state index contributed by atoms with van der Waals surface area (Å²) in [5.74, 6) is 0. The molecule has 51 heavy (non-hydrogen) atoms. The second-order valence-corrected chi connectivity index (χ2v) is 14.4. The van der Waals surface area contributed by atoms with Crippen molar-refractivity contribution in [3.05, 3.63) is 185 Å². The number of hydrogen-bond donors (Lipinski definition) is 0. The van der Waals surface area contributed by atoms with Crippen molar-refractivity contribution in [3.8, 4) is 0 Å². The Labute approximate surface area is 304 Å². The van der Waals surface area contributed by atoms with Gasteiger partial charge in [0.05, 0.1) is 0 Å². The van der Waals surface area contributed by atoms with Gasteiger partial charge in [0.1, 0.15) is 11.1 Å². The molecule has 1 heterocycles. The van der Waals surface area contributed by atoms with Crippen LogP contribution in [0, 0.1) is 0 Å². The highest BCUT2D eigenvalue weighted by molar-refractivity contribution is 5.79. The monoisotopic (exact) mass is 671 g/mol. The molecule has 1 aliphatic heterocycles. The summed E-state index contributed by atoms with van der Waals surface area (Å²) in [7, 11) is 16.8. The molecule has 0 aromatic heterocycles. The maximum atomic E-state index is 2.72. The molecule has 7 rings (SSSR count). The number of fused-ring (bicyclic) bond motifs is 1. The summed E-state index contributed by atoms with van der Waals surface area (Å²) < 4.78 is 0. The molecular weight excluding hydrogens is 623 g/mol. The lowest BCUT2D eigenvalue weighted by Gasteiger charge is -2.51. The summed E-state index contributed by atoms with van der Waals surface area (Å²) >= 11 is 0. The molecule has 5 nitrogen and oxygen atoms in total. The number of nitrogens with zero attached hydrogens (tertiary/aromatic N) is 5. The van der Waals surface area contributed by atoms with Gasteiger partial charge in [-0.2, -0.15) is 0 Å². The van der Waals surface area contributed by atoms with Crippen LogP contribution in [0.25, 0.3) is 0 Å². The van der Waals surface area contributed by atoms with E-state index in [1.165, 1.54) is 56.1 Å². The maximum absolute atomic E-state index is 2.72. The molecule has 0 aliphatic carbocycles. The second kappa shape index (κ2) is 13.2. The Hall–Kier alpha value is -5.68. The molecule has 0 amide bonds. The highest BCUT2D eigenvalue weighted by atomic mass is 15.3. The molecule has 0 fully saturated rings. The molecule has 0 saturated heterocycles. The van der Waals surface area contributed by atoms with Gasteiger partial charge in [0.2, 0.25) is 0 Å². The van der Waals surface area contributed by atoms with Crippen molar-refractivity contribution in [1.82, 2.24) is 0 Å². The number of rotatable bonds is 9. The quantitative estimate of drug-likeness (QED) is 0.152. The van der Waals surface area contributed by atoms with Crippen LogP contribution in [0.3, 0.4) is 0 Å². The van der Waals surface area contributed by atoms with Gasteiger partial charge in [0.15, 0.2) is 0 Å². The van der Waals surface area contributed by atoms with Gasteiger partial charge >= 0.3 is 0 Å². The van der Waals surface area contributed by atoms with Gasteiger partial charge in [0, 0.05) is 84.8 Å². The molecule has 0 N–H and O–H groups in total. The molecule has 6 aromatic carbocycles. The molecule has 0 unspecified atom stereocenters. The second-order valence-electron chi connectivity index (χ2n) is 14.4. The lowest BCUT2D eigenvalue weighted by Crippen LogP contribution is -2.54. The largest absolute Gasteiger partial charge is 0.378 e. The van der Waals surface area contributed by atoms with E-state index in [2.05, 4.69) is 233 Å². The van der Waals surface area contributed by atoms with Gasteiger partial charge in [-0.1, -0.05) is 91.0 Å². The molecule has 1 aliphatic rings. The first-order valence-electron chi connectivity index (χ1n) is 17.7. The Balaban J connectivity index is 1.68. The van der Waals surface area contributed by atoms with E-state index in [1.807, 2.05) is 0 Å². The van der Waals surface area contributed by atoms with Crippen molar-refractivity contribution in [2.45, 2.75) is 11.1 Å². The minimum atomic E-state index is -0.714. The van der Waals surface area contributed by atoms with Gasteiger partial charge in [-0.3, -0.25) is 0 Å². The van der Waals surface area contributed by atoms with Gasteiger partial charge in [-0.05, 0) is 94.0 Å². The van der Waals surface area contributed by atoms with Crippen LogP contribution in [-0.2, 0) is 11.1 Å². The van der Waals surface area contributed by atoms with Crippen molar-refractivity contribution in [2.24, 2.45) is 0 Å². The first kappa shape index (κ1) is 33.8. The molecule has 0 bridgehead atoms. The number of para-hydroxylation sites is 1. The molecular formula is C46H49N5. The summed E-state index contributed by atoms with van der Waals surface area (Å²) in [5, 5.41) is 0. The Morgan fingerprint density at radius 2 is 0.569 bits per heavy atom. The number of hydrogen-bond acceptors (Lipinski definition) is 5. The average Bonchev–Trinajstić information content (AvgIpc) is 3.44. The van der Waals surface area contributed by atoms with Crippen molar-refractivity contribution < 1.29 is 0 Å². The van der Waals surface area contributed by atoms with Crippen LogP contribution in [0.4, 0.5) is 28.4 Å². The van der Waals surface area contributed by atoms with Crippen LogP contribution in [0.15, 0.2) is 152 Å². The van der Waals surface area contributed by atoms with Crippen LogP contribution in [-0.4, -0.2) is 56.4 Å². The fourth-order valence-corrected chi connectivity index (χ4v) is 8.05. The van der Waals surface area contributed by atoms with Crippen LogP contribution in [0.5, 0.6) is 0 Å². The Bertz CT molecular complexity index is 1840. The van der Waals surface area contributed by atoms with Gasteiger partial charge in [0.25, 0.3) is 0 Å². The Morgan fingerprint density at radius 1 is 0.314 bits per heavy atom. The van der Waals surface area contributed by atoms with Gasteiger partial charge in [-0.25, -0.2) is 0 Å². The average molecular weight is 672 g/mol. The Kier molecular flexibility index (Phi) is 8.76. The minimum absolute atomic E-state index is 0.714. The normalized spacial score (nSPS) is 14.2. The smallest absolute Gasteiger partial charge is 0.118 e. The van der Waals surface area contributed by atoms with Crippen LogP contribution >= 0.6 is 0 Å². The van der Waals surface area contributed by atoms with E-state index >= 15 is 0 Å². The molecule has 258 valence electrons. The number of benzene rings is 6. The predicted molar refractivity (Wildman–Crippen MR) is 218 cm³/mol. The Morgan fingerprint density at radius 3 is 0.824 bits per heavy atom. The summed E-state index contributed by atoms with van der Waals surface area (Å²) in [5.41, 5.74) is 11.7. The van der Waals surface area contributed by atoms with Crippen molar-refractivity contribution in [3.63, 3.8) is 0 Å². The van der Waals surface area contributed by atoms with E-state index in [1.54, 1.807) is 0 Å². The topological polar surface area (TPSA) is 16.2 Å².